The predicted octanol–water partition coefficient (Wildman–Crippen LogP) is 2.49. The van der Waals surface area contributed by atoms with Crippen molar-refractivity contribution in [3.63, 3.8) is 0 Å². The monoisotopic (exact) mass is 196 g/mol. The zero-order valence-corrected chi connectivity index (χ0v) is 8.50. The van der Waals surface area contributed by atoms with Crippen LogP contribution in [0.2, 0.25) is 0 Å². The lowest BCUT2D eigenvalue weighted by molar-refractivity contribution is -0.122. The first-order valence-electron chi connectivity index (χ1n) is 4.44. The summed E-state index contributed by atoms with van der Waals surface area (Å²) < 4.78 is 18.1. The van der Waals surface area contributed by atoms with Gasteiger partial charge in [-0.05, 0) is 32.4 Å². The molecule has 2 nitrogen and oxygen atoms in total. The molecule has 1 aromatic rings. The summed E-state index contributed by atoms with van der Waals surface area (Å²) in [4.78, 5) is 10.9. The highest BCUT2D eigenvalue weighted by atomic mass is 19.1. The van der Waals surface area contributed by atoms with Crippen LogP contribution in [0.25, 0.3) is 0 Å². The molecular weight excluding hydrogens is 183 g/mol. The van der Waals surface area contributed by atoms with E-state index in [1.54, 1.807) is 13.0 Å². The maximum absolute atomic E-state index is 12.8. The minimum Gasteiger partial charge on any atom is -0.483 e. The Kier molecular flexibility index (Phi) is 3.23. The lowest BCUT2D eigenvalue weighted by Crippen LogP contribution is -2.21. The van der Waals surface area contributed by atoms with Gasteiger partial charge in [-0.1, -0.05) is 6.07 Å². The molecule has 1 rings (SSSR count). The summed E-state index contributed by atoms with van der Waals surface area (Å²) in [5, 5.41) is 0. The zero-order valence-electron chi connectivity index (χ0n) is 8.50. The Morgan fingerprint density at radius 2 is 2.14 bits per heavy atom. The average molecular weight is 196 g/mol. The van der Waals surface area contributed by atoms with Gasteiger partial charge in [0, 0.05) is 6.07 Å². The van der Waals surface area contributed by atoms with Crippen molar-refractivity contribution in [1.29, 1.82) is 0 Å². The van der Waals surface area contributed by atoms with E-state index < -0.39 is 6.10 Å². The molecule has 1 unspecified atom stereocenters. The predicted molar refractivity (Wildman–Crippen MR) is 51.9 cm³/mol. The van der Waals surface area contributed by atoms with E-state index in [1.165, 1.54) is 19.1 Å². The van der Waals surface area contributed by atoms with Gasteiger partial charge < -0.3 is 4.74 Å². The number of benzene rings is 1. The molecule has 0 heterocycles. The van der Waals surface area contributed by atoms with Crippen LogP contribution in [0.5, 0.6) is 5.75 Å². The zero-order chi connectivity index (χ0) is 10.7. The average Bonchev–Trinajstić information content (AvgIpc) is 2.11. The van der Waals surface area contributed by atoms with Crippen LogP contribution in [0.3, 0.4) is 0 Å². The number of hydrogen-bond acceptors (Lipinski definition) is 2. The molecule has 1 aromatic carbocycles. The second kappa shape index (κ2) is 4.22. The lowest BCUT2D eigenvalue weighted by Gasteiger charge is -2.13. The molecule has 76 valence electrons. The highest BCUT2D eigenvalue weighted by Crippen LogP contribution is 2.20. The number of hydrogen-bond donors (Lipinski definition) is 0. The Morgan fingerprint density at radius 1 is 1.50 bits per heavy atom. The molecule has 0 saturated heterocycles. The lowest BCUT2D eigenvalue weighted by atomic mass is 10.2. The summed E-state index contributed by atoms with van der Waals surface area (Å²) in [7, 11) is 0. The van der Waals surface area contributed by atoms with Crippen molar-refractivity contribution in [2.24, 2.45) is 0 Å². The second-order valence-electron chi connectivity index (χ2n) is 3.28. The summed E-state index contributed by atoms with van der Waals surface area (Å²) >= 11 is 0. The van der Waals surface area contributed by atoms with Gasteiger partial charge in [0.15, 0.2) is 11.9 Å². The molecule has 0 bridgehead atoms. The fourth-order valence-electron chi connectivity index (χ4n) is 0.974. The third-order valence-electron chi connectivity index (χ3n) is 2.03. The maximum Gasteiger partial charge on any atom is 0.169 e. The van der Waals surface area contributed by atoms with Crippen molar-refractivity contribution in [1.82, 2.24) is 0 Å². The van der Waals surface area contributed by atoms with Gasteiger partial charge in [0.25, 0.3) is 0 Å². The van der Waals surface area contributed by atoms with Crippen LogP contribution in [0, 0.1) is 12.7 Å². The number of carbonyl (C=O) groups excluding carboxylic acids is 1. The van der Waals surface area contributed by atoms with E-state index in [0.717, 1.165) is 5.56 Å². The SMILES string of the molecule is CC(=O)C(C)Oc1cc(F)ccc1C. The molecule has 0 aromatic heterocycles. The summed E-state index contributed by atoms with van der Waals surface area (Å²) in [6.45, 7) is 4.90. The van der Waals surface area contributed by atoms with Crippen molar-refractivity contribution in [3.05, 3.63) is 29.6 Å². The van der Waals surface area contributed by atoms with Gasteiger partial charge in [-0.25, -0.2) is 4.39 Å². The number of aryl methyl sites for hydroxylation is 1. The Hall–Kier alpha value is -1.38. The van der Waals surface area contributed by atoms with Crippen LogP contribution < -0.4 is 4.74 Å². The van der Waals surface area contributed by atoms with Crippen LogP contribution in [-0.4, -0.2) is 11.9 Å². The first kappa shape index (κ1) is 10.7. The first-order chi connectivity index (χ1) is 6.50. The van der Waals surface area contributed by atoms with Crippen molar-refractivity contribution in [2.45, 2.75) is 26.9 Å². The van der Waals surface area contributed by atoms with Gasteiger partial charge in [0.05, 0.1) is 0 Å². The van der Waals surface area contributed by atoms with Crippen molar-refractivity contribution >= 4 is 5.78 Å². The molecule has 3 heteroatoms. The second-order valence-corrected chi connectivity index (χ2v) is 3.28. The van der Waals surface area contributed by atoms with Crippen molar-refractivity contribution in [3.8, 4) is 5.75 Å². The van der Waals surface area contributed by atoms with Gasteiger partial charge in [-0.15, -0.1) is 0 Å². The van der Waals surface area contributed by atoms with Crippen LogP contribution in [-0.2, 0) is 4.79 Å². The van der Waals surface area contributed by atoms with E-state index in [2.05, 4.69) is 0 Å². The Morgan fingerprint density at radius 3 is 2.71 bits per heavy atom. The number of rotatable bonds is 3. The molecule has 0 aliphatic heterocycles. The van der Waals surface area contributed by atoms with Gasteiger partial charge in [0.2, 0.25) is 0 Å². The minimum absolute atomic E-state index is 0.0753. The van der Waals surface area contributed by atoms with Crippen LogP contribution >= 0.6 is 0 Å². The van der Waals surface area contributed by atoms with E-state index in [9.17, 15) is 9.18 Å². The van der Waals surface area contributed by atoms with Crippen molar-refractivity contribution in [2.75, 3.05) is 0 Å². The molecule has 0 fully saturated rings. The quantitative estimate of drug-likeness (QED) is 0.742. The molecule has 1 atom stereocenters. The molecule has 0 saturated carbocycles. The van der Waals surface area contributed by atoms with Gasteiger partial charge in [-0.3, -0.25) is 4.79 Å². The minimum atomic E-state index is -0.532. The Labute approximate surface area is 82.7 Å². The number of carbonyl (C=O) groups is 1. The first-order valence-corrected chi connectivity index (χ1v) is 4.44. The molecular formula is C11H13FO2. The third-order valence-corrected chi connectivity index (χ3v) is 2.03. The smallest absolute Gasteiger partial charge is 0.169 e. The molecule has 0 aliphatic rings. The van der Waals surface area contributed by atoms with Gasteiger partial charge in [0.1, 0.15) is 11.6 Å². The molecule has 0 aliphatic carbocycles. The molecule has 0 radical (unpaired) electrons. The summed E-state index contributed by atoms with van der Waals surface area (Å²) in [6.07, 6.45) is -0.532. The largest absolute Gasteiger partial charge is 0.483 e. The van der Waals surface area contributed by atoms with E-state index in [-0.39, 0.29) is 11.6 Å². The van der Waals surface area contributed by atoms with Crippen LogP contribution in [0.15, 0.2) is 18.2 Å². The van der Waals surface area contributed by atoms with Crippen LogP contribution in [0.1, 0.15) is 19.4 Å². The summed E-state index contributed by atoms with van der Waals surface area (Å²) in [6, 6.07) is 4.27. The van der Waals surface area contributed by atoms with E-state index in [4.69, 9.17) is 4.74 Å². The standard InChI is InChI=1S/C11H13FO2/c1-7-4-5-10(12)6-11(7)14-9(3)8(2)13/h4-6,9H,1-3H3. The number of halogens is 1. The van der Waals surface area contributed by atoms with E-state index >= 15 is 0 Å². The fraction of sp³-hybridized carbons (Fsp3) is 0.364. The van der Waals surface area contributed by atoms with E-state index in [1.807, 2.05) is 6.92 Å². The van der Waals surface area contributed by atoms with Crippen LogP contribution in [0.4, 0.5) is 4.39 Å². The molecule has 14 heavy (non-hydrogen) atoms. The maximum atomic E-state index is 12.8. The number of ether oxygens (including phenoxy) is 1. The van der Waals surface area contributed by atoms with Gasteiger partial charge >= 0.3 is 0 Å². The number of ketones is 1. The highest BCUT2D eigenvalue weighted by Gasteiger charge is 2.11. The normalized spacial score (nSPS) is 12.3. The summed E-state index contributed by atoms with van der Waals surface area (Å²) in [5.41, 5.74) is 0.819. The van der Waals surface area contributed by atoms with Crippen molar-refractivity contribution < 1.29 is 13.9 Å². The summed E-state index contributed by atoms with van der Waals surface area (Å²) in [5.74, 6) is -0.0114. The molecule has 0 spiro atoms. The number of Topliss-reactive ketones (excluding diaryl/α,β-unsaturated/α-hetero) is 1. The van der Waals surface area contributed by atoms with E-state index in [0.29, 0.717) is 5.75 Å². The molecule has 0 N–H and O–H groups in total. The highest BCUT2D eigenvalue weighted by molar-refractivity contribution is 5.80. The Bertz CT molecular complexity index is 347. The fourth-order valence-corrected chi connectivity index (χ4v) is 0.974. The topological polar surface area (TPSA) is 26.3 Å². The Balaban J connectivity index is 2.85. The molecule has 0 amide bonds. The third kappa shape index (κ3) is 2.55. The van der Waals surface area contributed by atoms with Gasteiger partial charge in [-0.2, -0.15) is 0 Å².